The topological polar surface area (TPSA) is 79.4 Å². The van der Waals surface area contributed by atoms with Crippen LogP contribution >= 0.6 is 0 Å². The molecule has 5 rings (SSSR count). The molecule has 2 N–H and O–H groups in total. The summed E-state index contributed by atoms with van der Waals surface area (Å²) in [4.78, 5) is 30.8. The summed E-state index contributed by atoms with van der Waals surface area (Å²) in [7, 11) is 1.49. The molecule has 1 amide bonds. The molecule has 10 heteroatoms. The Hall–Kier alpha value is -3.27. The van der Waals surface area contributed by atoms with Gasteiger partial charge < -0.3 is 24.5 Å². The van der Waals surface area contributed by atoms with Gasteiger partial charge in [0.2, 0.25) is 0 Å². The first-order chi connectivity index (χ1) is 19.5. The Labute approximate surface area is 238 Å². The van der Waals surface area contributed by atoms with Gasteiger partial charge in [-0.2, -0.15) is 13.2 Å². The average Bonchev–Trinajstić information content (AvgIpc) is 3.20. The van der Waals surface area contributed by atoms with Crippen molar-refractivity contribution in [1.29, 1.82) is 0 Å². The highest BCUT2D eigenvalue weighted by molar-refractivity contribution is 6.08. The first-order valence-corrected chi connectivity index (χ1v) is 14.4. The molecule has 3 aromatic rings. The van der Waals surface area contributed by atoms with Crippen molar-refractivity contribution >= 4 is 16.8 Å². The van der Waals surface area contributed by atoms with Crippen LogP contribution in [0.3, 0.4) is 0 Å². The number of nitrogens with one attached hydrogen (secondary N) is 2. The molecule has 3 heterocycles. The Bertz CT molecular complexity index is 1480. The van der Waals surface area contributed by atoms with E-state index in [4.69, 9.17) is 4.74 Å². The summed E-state index contributed by atoms with van der Waals surface area (Å²) in [5.74, 6) is 0.416. The molecule has 2 fully saturated rings. The van der Waals surface area contributed by atoms with E-state index in [0.717, 1.165) is 29.4 Å². The van der Waals surface area contributed by atoms with Crippen LogP contribution in [0.25, 0.3) is 10.9 Å². The molecule has 2 aromatic heterocycles. The highest BCUT2D eigenvalue weighted by atomic mass is 19.4. The number of methoxy groups -OCH3 is 1. The molecule has 7 nitrogen and oxygen atoms in total. The van der Waals surface area contributed by atoms with Crippen LogP contribution in [0.15, 0.2) is 35.1 Å². The second-order valence-electron chi connectivity index (χ2n) is 11.8. The van der Waals surface area contributed by atoms with E-state index < -0.39 is 11.6 Å². The maximum absolute atomic E-state index is 13.7. The lowest BCUT2D eigenvalue weighted by molar-refractivity contribution is -0.256. The van der Waals surface area contributed by atoms with Crippen molar-refractivity contribution in [1.82, 2.24) is 19.8 Å². The number of hydrogen-bond donors (Lipinski definition) is 2. The van der Waals surface area contributed by atoms with E-state index in [0.29, 0.717) is 42.1 Å². The van der Waals surface area contributed by atoms with Gasteiger partial charge in [0.15, 0.2) is 0 Å². The molecular formula is C31H39F3N4O3. The van der Waals surface area contributed by atoms with Crippen LogP contribution in [0, 0.1) is 25.2 Å². The van der Waals surface area contributed by atoms with Crippen molar-refractivity contribution in [2.75, 3.05) is 26.7 Å². The lowest BCUT2D eigenvalue weighted by atomic mass is 9.67. The number of carbonyl (C=O) groups excluding carboxylic acids is 1. The number of H-pyrrole nitrogens is 1. The molecule has 1 saturated carbocycles. The quantitative estimate of drug-likeness (QED) is 0.353. The largest absolute Gasteiger partial charge is 0.496 e. The van der Waals surface area contributed by atoms with Crippen molar-refractivity contribution < 1.29 is 22.7 Å². The summed E-state index contributed by atoms with van der Waals surface area (Å²) in [5.41, 5.74) is 1.51. The normalized spacial score (nSPS) is 18.7. The lowest BCUT2D eigenvalue weighted by Crippen LogP contribution is -2.53. The van der Waals surface area contributed by atoms with E-state index in [1.807, 2.05) is 36.1 Å². The van der Waals surface area contributed by atoms with Crippen molar-refractivity contribution in [2.24, 2.45) is 11.3 Å². The third-order valence-corrected chi connectivity index (χ3v) is 9.42. The van der Waals surface area contributed by atoms with Gasteiger partial charge in [0, 0.05) is 34.9 Å². The third-order valence-electron chi connectivity index (χ3n) is 9.42. The number of carbonyl (C=O) groups is 1. The number of aromatic amines is 1. The first-order valence-electron chi connectivity index (χ1n) is 14.4. The predicted molar refractivity (Wildman–Crippen MR) is 152 cm³/mol. The van der Waals surface area contributed by atoms with Crippen molar-refractivity contribution in [3.05, 3.63) is 63.2 Å². The van der Waals surface area contributed by atoms with Crippen LogP contribution in [0.1, 0.15) is 72.4 Å². The van der Waals surface area contributed by atoms with Crippen molar-refractivity contribution in [2.45, 2.75) is 71.6 Å². The maximum atomic E-state index is 13.7. The minimum absolute atomic E-state index is 0.0179. The SMILES string of the molecule is COc1cc(C)[nH]c(=O)c1CNC(=O)c1c(C)n(C(C)C2CCN(CC3(C(F)(F)F)CCC3)CC2)c2ccccc12. The van der Waals surface area contributed by atoms with Crippen LogP contribution in [-0.4, -0.2) is 53.3 Å². The van der Waals surface area contributed by atoms with Crippen LogP contribution in [0.5, 0.6) is 5.75 Å². The lowest BCUT2D eigenvalue weighted by Gasteiger charge is -2.47. The van der Waals surface area contributed by atoms with Gasteiger partial charge in [0.05, 0.1) is 30.2 Å². The van der Waals surface area contributed by atoms with Gasteiger partial charge in [-0.05, 0) is 77.6 Å². The van der Waals surface area contributed by atoms with Crippen LogP contribution in [0.4, 0.5) is 13.2 Å². The van der Waals surface area contributed by atoms with Gasteiger partial charge in [-0.25, -0.2) is 0 Å². The third kappa shape index (κ3) is 5.38. The molecule has 2 aliphatic rings. The number of pyridine rings is 1. The Morgan fingerprint density at radius 3 is 2.49 bits per heavy atom. The number of piperidine rings is 1. The molecule has 1 aliphatic heterocycles. The number of benzene rings is 1. The highest BCUT2D eigenvalue weighted by Gasteiger charge is 2.58. The van der Waals surface area contributed by atoms with Crippen molar-refractivity contribution in [3.63, 3.8) is 0 Å². The highest BCUT2D eigenvalue weighted by Crippen LogP contribution is 2.53. The zero-order valence-corrected chi connectivity index (χ0v) is 24.2. The number of amides is 1. The predicted octanol–water partition coefficient (Wildman–Crippen LogP) is 5.89. The molecule has 0 bridgehead atoms. The van der Waals surface area contributed by atoms with Gasteiger partial charge in [-0.3, -0.25) is 9.59 Å². The number of hydrogen-bond acceptors (Lipinski definition) is 4. The van der Waals surface area contributed by atoms with E-state index in [1.165, 1.54) is 7.11 Å². The van der Waals surface area contributed by atoms with E-state index in [-0.39, 0.29) is 49.4 Å². The summed E-state index contributed by atoms with van der Waals surface area (Å²) in [6.45, 7) is 7.25. The summed E-state index contributed by atoms with van der Waals surface area (Å²) >= 11 is 0. The first kappa shape index (κ1) is 29.2. The van der Waals surface area contributed by atoms with E-state index >= 15 is 0 Å². The Balaban J connectivity index is 1.33. The number of ether oxygens (including phenoxy) is 1. The number of aromatic nitrogens is 2. The van der Waals surface area contributed by atoms with Gasteiger partial charge in [0.25, 0.3) is 11.5 Å². The number of fused-ring (bicyclic) bond motifs is 1. The second kappa shape index (κ2) is 11.2. The Morgan fingerprint density at radius 1 is 1.20 bits per heavy atom. The van der Waals surface area contributed by atoms with Gasteiger partial charge in [-0.15, -0.1) is 0 Å². The number of nitrogens with zero attached hydrogens (tertiary/aromatic N) is 2. The molecule has 1 aromatic carbocycles. The zero-order valence-electron chi connectivity index (χ0n) is 24.2. The van der Waals surface area contributed by atoms with Crippen molar-refractivity contribution in [3.8, 4) is 5.75 Å². The number of rotatable bonds is 8. The smallest absolute Gasteiger partial charge is 0.395 e. The zero-order chi connectivity index (χ0) is 29.5. The van der Waals surface area contributed by atoms with Gasteiger partial charge >= 0.3 is 6.18 Å². The second-order valence-corrected chi connectivity index (χ2v) is 11.8. The van der Waals surface area contributed by atoms with Gasteiger partial charge in [0.1, 0.15) is 5.75 Å². The number of aryl methyl sites for hydroxylation is 1. The Kier molecular flexibility index (Phi) is 7.98. The summed E-state index contributed by atoms with van der Waals surface area (Å²) < 4.78 is 48.8. The molecule has 1 aliphatic carbocycles. The van der Waals surface area contributed by atoms with Gasteiger partial charge in [-0.1, -0.05) is 24.6 Å². The average molecular weight is 573 g/mol. The fourth-order valence-electron chi connectivity index (χ4n) is 6.86. The molecule has 41 heavy (non-hydrogen) atoms. The minimum Gasteiger partial charge on any atom is -0.496 e. The fraction of sp³-hybridized carbons (Fsp3) is 0.548. The number of likely N-dealkylation sites (tertiary alicyclic amines) is 1. The summed E-state index contributed by atoms with van der Waals surface area (Å²) in [6.07, 6.45) is -1.42. The Morgan fingerprint density at radius 2 is 1.88 bits per heavy atom. The fourth-order valence-corrected chi connectivity index (χ4v) is 6.86. The van der Waals surface area contributed by atoms with Crippen LogP contribution < -0.4 is 15.6 Å². The molecular weight excluding hydrogens is 533 g/mol. The molecule has 1 unspecified atom stereocenters. The van der Waals surface area contributed by atoms with E-state index in [9.17, 15) is 22.8 Å². The summed E-state index contributed by atoms with van der Waals surface area (Å²) in [5, 5.41) is 3.74. The molecule has 1 saturated heterocycles. The van der Waals surface area contributed by atoms with E-state index in [2.05, 4.69) is 21.8 Å². The molecule has 0 radical (unpaired) electrons. The van der Waals surface area contributed by atoms with Crippen LogP contribution in [0.2, 0.25) is 0 Å². The number of alkyl halides is 3. The molecule has 1 atom stereocenters. The molecule has 0 spiro atoms. The van der Waals surface area contributed by atoms with E-state index in [1.54, 1.807) is 13.0 Å². The summed E-state index contributed by atoms with van der Waals surface area (Å²) in [6, 6.07) is 9.56. The number of para-hydroxylation sites is 1. The van der Waals surface area contributed by atoms with Crippen LogP contribution in [-0.2, 0) is 6.54 Å². The minimum atomic E-state index is -4.15. The molecule has 222 valence electrons. The number of halogens is 3. The monoisotopic (exact) mass is 572 g/mol. The standard InChI is InChI=1S/C31H39F3N4O3/c1-19-16-26(41-4)24(28(39)36-19)17-35-29(40)27-21(3)38(25-9-6-5-8-23(25)27)20(2)22-10-14-37(15-11-22)18-30(12-7-13-30)31(32,33)34/h5-6,8-9,16,20,22H,7,10-15,17-18H2,1-4H3,(H,35,40)(H,36,39). The maximum Gasteiger partial charge on any atom is 0.395 e.